The topological polar surface area (TPSA) is 61.8 Å². The van der Waals surface area contributed by atoms with Gasteiger partial charge in [0.15, 0.2) is 8.07 Å². The van der Waals surface area contributed by atoms with Gasteiger partial charge in [-0.3, -0.25) is 4.79 Å². The highest BCUT2D eigenvalue weighted by Gasteiger charge is 2.66. The van der Waals surface area contributed by atoms with Gasteiger partial charge in [-0.15, -0.1) is 0 Å². The van der Waals surface area contributed by atoms with E-state index in [9.17, 15) is 9.59 Å². The Morgan fingerprint density at radius 3 is 1.92 bits per heavy atom. The van der Waals surface area contributed by atoms with Crippen LogP contribution < -0.4 is 10.4 Å². The standard InChI is InChI=1S/C30H30O5Si/c1-21(31)34-27-20-30(36(3,23-15-9-5-10-16-23)24-17-11-6-12-18-24)25(22-13-7-4-8-14-22)19-26(35-30)28(27)29(32)33-2/h4-18,25-26H,19-20H2,1-3H3/t25-,26-,30+/m1/s1. The smallest absolute Gasteiger partial charge is 0.339 e. The number of rotatable bonds is 6. The molecule has 184 valence electrons. The Morgan fingerprint density at radius 2 is 1.42 bits per heavy atom. The van der Waals surface area contributed by atoms with Crippen molar-refractivity contribution in [3.63, 3.8) is 0 Å². The van der Waals surface area contributed by atoms with Gasteiger partial charge in [0.2, 0.25) is 0 Å². The minimum absolute atomic E-state index is 0.0199. The first-order chi connectivity index (χ1) is 17.4. The van der Waals surface area contributed by atoms with Crippen LogP contribution in [0.1, 0.15) is 31.2 Å². The van der Waals surface area contributed by atoms with Gasteiger partial charge in [-0.05, 0) is 12.0 Å². The van der Waals surface area contributed by atoms with Crippen LogP contribution in [0.15, 0.2) is 102 Å². The fourth-order valence-corrected chi connectivity index (χ4v) is 11.1. The van der Waals surface area contributed by atoms with E-state index in [1.807, 2.05) is 30.3 Å². The van der Waals surface area contributed by atoms with Gasteiger partial charge in [-0.2, -0.15) is 0 Å². The van der Waals surface area contributed by atoms with Crippen molar-refractivity contribution in [1.29, 1.82) is 0 Å². The van der Waals surface area contributed by atoms with Crippen molar-refractivity contribution in [2.45, 2.75) is 43.6 Å². The molecule has 0 radical (unpaired) electrons. The van der Waals surface area contributed by atoms with Crippen LogP contribution in [0.2, 0.25) is 6.55 Å². The van der Waals surface area contributed by atoms with Crippen molar-refractivity contribution >= 4 is 30.4 Å². The summed E-state index contributed by atoms with van der Waals surface area (Å²) in [6.45, 7) is 3.70. The Labute approximate surface area is 212 Å². The molecule has 1 saturated heterocycles. The van der Waals surface area contributed by atoms with Gasteiger partial charge >= 0.3 is 11.9 Å². The minimum atomic E-state index is -2.72. The summed E-state index contributed by atoms with van der Waals surface area (Å²) in [6.07, 6.45) is 0.367. The zero-order valence-corrected chi connectivity index (χ0v) is 21.8. The summed E-state index contributed by atoms with van der Waals surface area (Å²) in [6, 6.07) is 31.4. The second-order valence-electron chi connectivity index (χ2n) is 9.65. The molecule has 0 unspecified atom stereocenters. The van der Waals surface area contributed by atoms with E-state index in [-0.39, 0.29) is 5.92 Å². The predicted molar refractivity (Wildman–Crippen MR) is 141 cm³/mol. The second kappa shape index (κ2) is 9.52. The number of hydrogen-bond acceptors (Lipinski definition) is 5. The monoisotopic (exact) mass is 498 g/mol. The molecule has 3 atom stereocenters. The molecule has 5 nitrogen and oxygen atoms in total. The van der Waals surface area contributed by atoms with Crippen molar-refractivity contribution in [2.24, 2.45) is 0 Å². The molecule has 0 amide bonds. The molecule has 0 aliphatic carbocycles. The average molecular weight is 499 g/mol. The van der Waals surface area contributed by atoms with Gasteiger partial charge in [0.05, 0.1) is 18.4 Å². The number of ether oxygens (including phenoxy) is 3. The van der Waals surface area contributed by atoms with E-state index in [2.05, 4.69) is 67.2 Å². The maximum atomic E-state index is 12.9. The van der Waals surface area contributed by atoms with Gasteiger partial charge in [0.1, 0.15) is 11.3 Å². The van der Waals surface area contributed by atoms with Crippen LogP contribution in [-0.2, 0) is 23.8 Å². The summed E-state index contributed by atoms with van der Waals surface area (Å²) < 4.78 is 18.0. The fourth-order valence-electron chi connectivity index (χ4n) is 6.20. The summed E-state index contributed by atoms with van der Waals surface area (Å²) in [5.74, 6) is -0.619. The molecule has 1 fully saturated rings. The molecule has 5 rings (SSSR count). The van der Waals surface area contributed by atoms with E-state index in [1.54, 1.807) is 0 Å². The van der Waals surface area contributed by atoms with Crippen molar-refractivity contribution < 1.29 is 23.8 Å². The molecule has 2 heterocycles. The van der Waals surface area contributed by atoms with Crippen LogP contribution in [0.4, 0.5) is 0 Å². The summed E-state index contributed by atoms with van der Waals surface area (Å²) >= 11 is 0. The van der Waals surface area contributed by atoms with Crippen molar-refractivity contribution in [3.8, 4) is 0 Å². The quantitative estimate of drug-likeness (QED) is 0.378. The van der Waals surface area contributed by atoms with Gasteiger partial charge in [0.25, 0.3) is 0 Å². The molecule has 0 spiro atoms. The Kier molecular flexibility index (Phi) is 6.41. The molecule has 3 aromatic rings. The van der Waals surface area contributed by atoms with Crippen LogP contribution >= 0.6 is 0 Å². The van der Waals surface area contributed by atoms with Crippen molar-refractivity contribution in [3.05, 3.63) is 108 Å². The molecular weight excluding hydrogens is 468 g/mol. The molecule has 0 aromatic heterocycles. The molecule has 0 saturated carbocycles. The fraction of sp³-hybridized carbons (Fsp3) is 0.267. The Hall–Kier alpha value is -3.48. The maximum Gasteiger partial charge on any atom is 0.339 e. The van der Waals surface area contributed by atoms with Gasteiger partial charge in [0, 0.05) is 19.3 Å². The highest BCUT2D eigenvalue weighted by atomic mass is 28.3. The molecule has 2 aliphatic heterocycles. The van der Waals surface area contributed by atoms with E-state index in [0.717, 1.165) is 5.56 Å². The molecule has 3 aromatic carbocycles. The Balaban J connectivity index is 1.80. The number of benzene rings is 3. The number of esters is 2. The lowest BCUT2D eigenvalue weighted by molar-refractivity contribution is -0.142. The predicted octanol–water partition coefficient (Wildman–Crippen LogP) is 4.12. The summed E-state index contributed by atoms with van der Waals surface area (Å²) in [5.41, 5.74) is 1.47. The lowest BCUT2D eigenvalue weighted by Gasteiger charge is -2.50. The largest absolute Gasteiger partial charge is 0.465 e. The van der Waals surface area contributed by atoms with Crippen LogP contribution in [-0.4, -0.2) is 38.5 Å². The van der Waals surface area contributed by atoms with Crippen LogP contribution in [0, 0.1) is 0 Å². The van der Waals surface area contributed by atoms with Gasteiger partial charge in [-0.25, -0.2) is 4.79 Å². The van der Waals surface area contributed by atoms with Crippen molar-refractivity contribution in [2.75, 3.05) is 7.11 Å². The minimum Gasteiger partial charge on any atom is -0.465 e. The molecule has 36 heavy (non-hydrogen) atoms. The number of fused-ring (bicyclic) bond motifs is 2. The lowest BCUT2D eigenvalue weighted by Crippen LogP contribution is -2.73. The second-order valence-corrected chi connectivity index (χ2v) is 13.9. The van der Waals surface area contributed by atoms with E-state index in [1.165, 1.54) is 24.4 Å². The highest BCUT2D eigenvalue weighted by Crippen LogP contribution is 2.56. The first-order valence-corrected chi connectivity index (χ1v) is 14.7. The average Bonchev–Trinajstić information content (AvgIpc) is 3.23. The third-order valence-electron chi connectivity index (χ3n) is 7.83. The molecule has 2 aliphatic rings. The van der Waals surface area contributed by atoms with E-state index >= 15 is 0 Å². The molecule has 0 N–H and O–H groups in total. The Bertz CT molecular complexity index is 1250. The first kappa shape index (κ1) is 24.2. The third kappa shape index (κ3) is 3.81. The third-order valence-corrected chi connectivity index (χ3v) is 13.1. The first-order valence-electron chi connectivity index (χ1n) is 12.2. The lowest BCUT2D eigenvalue weighted by atomic mass is 9.90. The van der Waals surface area contributed by atoms with Gasteiger partial charge < -0.3 is 14.2 Å². The maximum absolute atomic E-state index is 12.9. The number of carbonyl (C=O) groups is 2. The highest BCUT2D eigenvalue weighted by molar-refractivity contribution is 7.03. The van der Waals surface area contributed by atoms with E-state index < -0.39 is 31.3 Å². The van der Waals surface area contributed by atoms with Gasteiger partial charge in [-0.1, -0.05) is 108 Å². The van der Waals surface area contributed by atoms with Crippen LogP contribution in [0.3, 0.4) is 0 Å². The van der Waals surface area contributed by atoms with Crippen LogP contribution in [0.25, 0.3) is 0 Å². The number of carbonyl (C=O) groups excluding carboxylic acids is 2. The van der Waals surface area contributed by atoms with Crippen LogP contribution in [0.5, 0.6) is 0 Å². The zero-order chi connectivity index (χ0) is 25.3. The van der Waals surface area contributed by atoms with Crippen molar-refractivity contribution in [1.82, 2.24) is 0 Å². The summed E-state index contributed by atoms with van der Waals surface area (Å²) in [7, 11) is -1.38. The van der Waals surface area contributed by atoms with E-state index in [4.69, 9.17) is 14.2 Å². The SMILES string of the molecule is COC(=O)C1=C(OC(C)=O)C[C@@]2([Si](C)(c3ccccc3)c3ccccc3)O[C@@H]1C[C@@H]2c1ccccc1. The molecule has 6 heteroatoms. The summed E-state index contributed by atoms with van der Waals surface area (Å²) in [5, 5.41) is 1.74. The Morgan fingerprint density at radius 1 is 0.889 bits per heavy atom. The molecule has 2 bridgehead atoms. The normalized spacial score (nSPS) is 23.3. The number of methoxy groups -OCH3 is 1. The summed E-state index contributed by atoms with van der Waals surface area (Å²) in [4.78, 5) is 25.2. The zero-order valence-electron chi connectivity index (χ0n) is 20.8. The molecular formula is C30H30O5Si. The van der Waals surface area contributed by atoms with E-state index in [0.29, 0.717) is 24.2 Å². The number of hydrogen-bond donors (Lipinski definition) is 0.